The van der Waals surface area contributed by atoms with Gasteiger partial charge in [-0.15, -0.1) is 0 Å². The number of nitrogens with zero attached hydrogens (tertiary/aromatic N) is 2. The Balaban J connectivity index is 1.72. The minimum atomic E-state index is -1.01. The van der Waals surface area contributed by atoms with Gasteiger partial charge in [0.25, 0.3) is 17.4 Å². The minimum Gasteiger partial charge on any atom is -0.508 e. The molecule has 0 aliphatic carbocycles. The second-order valence-electron chi connectivity index (χ2n) is 7.21. The van der Waals surface area contributed by atoms with Gasteiger partial charge in [0, 0.05) is 12.1 Å². The number of allylic oxidation sites excluding steroid dienone is 2. The molecule has 0 saturated carbocycles. The van der Waals surface area contributed by atoms with Crippen molar-refractivity contribution in [3.8, 4) is 23.1 Å². The highest BCUT2D eigenvalue weighted by Crippen LogP contribution is 2.24. The van der Waals surface area contributed by atoms with Gasteiger partial charge in [-0.1, -0.05) is 18.2 Å². The lowest BCUT2D eigenvalue weighted by Gasteiger charge is -2.26. The van der Waals surface area contributed by atoms with E-state index in [9.17, 15) is 39.3 Å². The third-order valence-electron chi connectivity index (χ3n) is 4.92. The fraction of sp³-hybridized carbons (Fsp3) is 0. The molecule has 35 heavy (non-hydrogen) atoms. The maximum Gasteiger partial charge on any atom is 0.335 e. The van der Waals surface area contributed by atoms with E-state index >= 15 is 0 Å². The average molecular weight is 476 g/mol. The number of aromatic hydroxyl groups is 3. The molecule has 0 radical (unpaired) electrons. The van der Waals surface area contributed by atoms with E-state index in [-0.39, 0.29) is 28.4 Å². The molecule has 2 aromatic carbocycles. The van der Waals surface area contributed by atoms with E-state index in [1.54, 1.807) is 0 Å². The zero-order valence-corrected chi connectivity index (χ0v) is 17.6. The average Bonchev–Trinajstić information content (AvgIpc) is 2.77. The number of benzene rings is 2. The molecule has 2 heterocycles. The van der Waals surface area contributed by atoms with Gasteiger partial charge in [0.1, 0.15) is 22.6 Å². The molecule has 0 spiro atoms. The highest BCUT2D eigenvalue weighted by molar-refractivity contribution is 6.37. The van der Waals surface area contributed by atoms with Crippen molar-refractivity contribution in [3.63, 3.8) is 0 Å². The first kappa shape index (κ1) is 22.8. The van der Waals surface area contributed by atoms with Crippen LogP contribution in [0.25, 0.3) is 11.8 Å². The van der Waals surface area contributed by atoms with E-state index in [4.69, 9.17) is 0 Å². The summed E-state index contributed by atoms with van der Waals surface area (Å²) in [5.41, 5.74) is -2.68. The molecule has 4 amide bonds. The van der Waals surface area contributed by atoms with Gasteiger partial charge in [0.05, 0.1) is 11.4 Å². The molecule has 3 aromatic rings. The highest BCUT2D eigenvalue weighted by Gasteiger charge is 2.36. The number of urea groups is 1. The maximum atomic E-state index is 12.8. The minimum absolute atomic E-state index is 0.0159. The Morgan fingerprint density at radius 2 is 1.46 bits per heavy atom. The second kappa shape index (κ2) is 8.86. The fourth-order valence-corrected chi connectivity index (χ4v) is 3.34. The van der Waals surface area contributed by atoms with Gasteiger partial charge in [0.15, 0.2) is 0 Å². The van der Waals surface area contributed by atoms with Crippen LogP contribution < -0.4 is 21.5 Å². The van der Waals surface area contributed by atoms with E-state index in [1.165, 1.54) is 42.5 Å². The van der Waals surface area contributed by atoms with Crippen molar-refractivity contribution in [1.29, 1.82) is 0 Å². The number of carbonyl (C=O) groups is 3. The Morgan fingerprint density at radius 1 is 0.829 bits per heavy atom. The molecule has 4 rings (SSSR count). The number of amides is 4. The number of aromatic nitrogens is 2. The van der Waals surface area contributed by atoms with Crippen molar-refractivity contribution in [2.75, 3.05) is 4.90 Å². The van der Waals surface area contributed by atoms with Gasteiger partial charge in [-0.25, -0.2) is 19.1 Å². The summed E-state index contributed by atoms with van der Waals surface area (Å²) in [6.07, 6.45) is 3.17. The smallest absolute Gasteiger partial charge is 0.335 e. The lowest BCUT2D eigenvalue weighted by Crippen LogP contribution is -2.54. The van der Waals surface area contributed by atoms with E-state index < -0.39 is 40.5 Å². The van der Waals surface area contributed by atoms with Crippen LogP contribution >= 0.6 is 0 Å². The van der Waals surface area contributed by atoms with E-state index in [2.05, 4.69) is 0 Å². The summed E-state index contributed by atoms with van der Waals surface area (Å²) >= 11 is 0. The number of phenols is 2. The van der Waals surface area contributed by atoms with Crippen molar-refractivity contribution >= 4 is 29.6 Å². The second-order valence-corrected chi connectivity index (χ2v) is 7.21. The SMILES string of the molecule is O=C1NC(=O)N(c2cccc(O)c2)C(=O)/C1=C/C=C/c1c(O)n(-c2cccc(O)c2)c(=O)[nH]c1=O. The summed E-state index contributed by atoms with van der Waals surface area (Å²) in [6, 6.07) is 9.63. The first-order valence-corrected chi connectivity index (χ1v) is 9.92. The number of aromatic amines is 1. The lowest BCUT2D eigenvalue weighted by atomic mass is 10.1. The van der Waals surface area contributed by atoms with Crippen LogP contribution in [0.2, 0.25) is 0 Å². The number of nitrogens with one attached hydrogen (secondary N) is 2. The largest absolute Gasteiger partial charge is 0.508 e. The number of hydrogen-bond donors (Lipinski definition) is 5. The van der Waals surface area contributed by atoms with E-state index in [1.807, 2.05) is 10.3 Å². The van der Waals surface area contributed by atoms with Crippen LogP contribution in [-0.4, -0.2) is 42.7 Å². The lowest BCUT2D eigenvalue weighted by molar-refractivity contribution is -0.122. The Bertz CT molecular complexity index is 1560. The topological polar surface area (TPSA) is 182 Å². The predicted molar refractivity (Wildman–Crippen MR) is 122 cm³/mol. The number of carbonyl (C=O) groups excluding carboxylic acids is 3. The zero-order chi connectivity index (χ0) is 25.3. The van der Waals surface area contributed by atoms with Crippen molar-refractivity contribution < 1.29 is 29.7 Å². The first-order chi connectivity index (χ1) is 16.7. The Morgan fingerprint density at radius 3 is 2.11 bits per heavy atom. The molecule has 12 nitrogen and oxygen atoms in total. The van der Waals surface area contributed by atoms with Gasteiger partial charge < -0.3 is 15.3 Å². The van der Waals surface area contributed by atoms with Crippen molar-refractivity contribution in [2.45, 2.75) is 0 Å². The number of imide groups is 2. The van der Waals surface area contributed by atoms with Crippen LogP contribution in [-0.2, 0) is 9.59 Å². The van der Waals surface area contributed by atoms with E-state index in [0.29, 0.717) is 4.90 Å². The molecule has 1 fully saturated rings. The molecule has 0 atom stereocenters. The summed E-state index contributed by atoms with van der Waals surface area (Å²) in [7, 11) is 0. The molecule has 12 heteroatoms. The molecule has 1 aliphatic heterocycles. The number of hydrogen-bond acceptors (Lipinski definition) is 8. The van der Waals surface area contributed by atoms with Crippen LogP contribution in [0.1, 0.15) is 5.56 Å². The molecule has 1 aliphatic rings. The predicted octanol–water partition coefficient (Wildman–Crippen LogP) is 0.865. The molecule has 0 unspecified atom stereocenters. The molecule has 176 valence electrons. The van der Waals surface area contributed by atoms with Gasteiger partial charge >= 0.3 is 11.7 Å². The first-order valence-electron chi connectivity index (χ1n) is 9.92. The summed E-state index contributed by atoms with van der Waals surface area (Å²) in [4.78, 5) is 64.4. The fourth-order valence-electron chi connectivity index (χ4n) is 3.34. The number of H-pyrrole nitrogens is 1. The summed E-state index contributed by atoms with van der Waals surface area (Å²) < 4.78 is 0.745. The number of rotatable bonds is 4. The Kier molecular flexibility index (Phi) is 5.77. The van der Waals surface area contributed by atoms with E-state index in [0.717, 1.165) is 28.9 Å². The standard InChI is InChI=1S/C23H16N4O8/c28-14-6-1-4-12(10-14)26-20(32)16(18(30)24-22(26)34)8-3-9-17-19(31)25-23(35)27(21(17)33)13-5-2-7-15(29)11-13/h1-11,28-29,32H,(H,24,30,34)(H,25,31,35)/b8-3+,17-9+. The Labute approximate surface area is 195 Å². The molecule has 0 bridgehead atoms. The normalized spacial score (nSPS) is 15.1. The molecule has 1 aromatic heterocycles. The number of barbiturate groups is 1. The van der Waals surface area contributed by atoms with Crippen LogP contribution in [0.5, 0.6) is 17.4 Å². The van der Waals surface area contributed by atoms with Crippen molar-refractivity contribution in [3.05, 3.63) is 92.7 Å². The van der Waals surface area contributed by atoms with Gasteiger partial charge in [-0.2, -0.15) is 0 Å². The van der Waals surface area contributed by atoms with Gasteiger partial charge in [0.2, 0.25) is 5.88 Å². The molecular weight excluding hydrogens is 460 g/mol. The Hall–Kier alpha value is -5.39. The zero-order valence-electron chi connectivity index (χ0n) is 17.6. The third-order valence-corrected chi connectivity index (χ3v) is 4.92. The van der Waals surface area contributed by atoms with Crippen LogP contribution in [0, 0.1) is 0 Å². The monoisotopic (exact) mass is 476 g/mol. The maximum absolute atomic E-state index is 12.8. The van der Waals surface area contributed by atoms with Crippen LogP contribution in [0.4, 0.5) is 10.5 Å². The van der Waals surface area contributed by atoms with Crippen molar-refractivity contribution in [2.24, 2.45) is 0 Å². The third kappa shape index (κ3) is 4.30. The molecule has 1 saturated heterocycles. The highest BCUT2D eigenvalue weighted by atomic mass is 16.3. The van der Waals surface area contributed by atoms with Gasteiger partial charge in [-0.05, 0) is 36.4 Å². The quantitative estimate of drug-likeness (QED) is 0.271. The summed E-state index contributed by atoms with van der Waals surface area (Å²) in [6.45, 7) is 0. The summed E-state index contributed by atoms with van der Waals surface area (Å²) in [5, 5.41) is 31.8. The number of anilines is 1. The van der Waals surface area contributed by atoms with Crippen molar-refractivity contribution in [1.82, 2.24) is 14.9 Å². The molecular formula is C23H16N4O8. The van der Waals surface area contributed by atoms with Crippen LogP contribution in [0.15, 0.2) is 75.8 Å². The summed E-state index contributed by atoms with van der Waals surface area (Å²) in [5.74, 6) is -3.13. The number of phenolic OH excluding ortho intramolecular Hbond substituents is 2. The molecule has 5 N–H and O–H groups in total. The van der Waals surface area contributed by atoms with Crippen LogP contribution in [0.3, 0.4) is 0 Å². The van der Waals surface area contributed by atoms with Gasteiger partial charge in [-0.3, -0.25) is 24.7 Å².